The highest BCUT2D eigenvalue weighted by atomic mass is 16.6. The van der Waals surface area contributed by atoms with Crippen LogP contribution in [0.5, 0.6) is 0 Å². The second-order valence-electron chi connectivity index (χ2n) is 13.9. The third-order valence-electron chi connectivity index (χ3n) is 9.57. The summed E-state index contributed by atoms with van der Waals surface area (Å²) in [6.07, 6.45) is 6.21. The Labute approximate surface area is 241 Å². The van der Waals surface area contributed by atoms with Gasteiger partial charge in [0, 0.05) is 12.1 Å². The molecule has 0 aromatic rings. The predicted octanol–water partition coefficient (Wildman–Crippen LogP) is 4.51. The second kappa shape index (κ2) is 11.6. The van der Waals surface area contributed by atoms with Gasteiger partial charge in [-0.15, -0.1) is 6.58 Å². The molecule has 0 aliphatic carbocycles. The van der Waals surface area contributed by atoms with E-state index in [1.165, 1.54) is 6.08 Å². The number of hydrogen-bond donors (Lipinski definition) is 1. The molecule has 1 spiro atoms. The molecule has 1 N–H and O–H groups in total. The molecule has 7 atom stereocenters. The first kappa shape index (κ1) is 32.3. The molecule has 0 saturated carbocycles. The SMILES string of the molecule is C=CCOC(=O)[C@H]1[C@H]2C(=O)N([C@@H](CO)[C@@H](C)CC)C(C(=O)N(CC=C)C(C)(C)CC(C)(C)C)C23CC[C@]1(CC)O3. The van der Waals surface area contributed by atoms with Crippen molar-refractivity contribution >= 4 is 17.8 Å². The van der Waals surface area contributed by atoms with Crippen LogP contribution in [0.1, 0.15) is 87.5 Å². The lowest BCUT2D eigenvalue weighted by atomic mass is 9.65. The minimum absolute atomic E-state index is 0.0371. The Morgan fingerprint density at radius 3 is 2.35 bits per heavy atom. The molecule has 3 heterocycles. The predicted molar refractivity (Wildman–Crippen MR) is 155 cm³/mol. The number of likely N-dealkylation sites (tertiary alicyclic amines) is 1. The first-order valence-electron chi connectivity index (χ1n) is 14.9. The monoisotopic (exact) mass is 560 g/mol. The van der Waals surface area contributed by atoms with Gasteiger partial charge in [0.15, 0.2) is 0 Å². The molecule has 0 radical (unpaired) electrons. The van der Waals surface area contributed by atoms with E-state index in [-0.39, 0.29) is 36.4 Å². The molecular weight excluding hydrogens is 508 g/mol. The van der Waals surface area contributed by atoms with Crippen molar-refractivity contribution < 1.29 is 29.0 Å². The van der Waals surface area contributed by atoms with Gasteiger partial charge in [-0.3, -0.25) is 14.4 Å². The molecular formula is C32H52N2O6. The number of amides is 2. The summed E-state index contributed by atoms with van der Waals surface area (Å²) in [5.41, 5.74) is -2.67. The Bertz CT molecular complexity index is 1000. The van der Waals surface area contributed by atoms with Crippen LogP contribution in [-0.2, 0) is 23.9 Å². The molecule has 0 aromatic heterocycles. The van der Waals surface area contributed by atoms with Crippen LogP contribution >= 0.6 is 0 Å². The van der Waals surface area contributed by atoms with Crippen molar-refractivity contribution in [3.05, 3.63) is 25.3 Å². The Hall–Kier alpha value is -2.19. The van der Waals surface area contributed by atoms with E-state index in [1.807, 2.05) is 39.5 Å². The molecule has 3 aliphatic rings. The molecule has 3 fully saturated rings. The summed E-state index contributed by atoms with van der Waals surface area (Å²) in [7, 11) is 0. The average Bonchev–Trinajstić information content (AvgIpc) is 3.48. The van der Waals surface area contributed by atoms with Gasteiger partial charge in [0.1, 0.15) is 24.2 Å². The number of esters is 1. The zero-order valence-electron chi connectivity index (χ0n) is 26.0. The Kier molecular flexibility index (Phi) is 9.37. The van der Waals surface area contributed by atoms with E-state index in [4.69, 9.17) is 9.47 Å². The Balaban J connectivity index is 2.22. The zero-order chi connectivity index (χ0) is 30.3. The van der Waals surface area contributed by atoms with E-state index < -0.39 is 46.6 Å². The molecule has 3 aliphatic heterocycles. The molecule has 2 amide bonds. The molecule has 3 saturated heterocycles. The average molecular weight is 561 g/mol. The van der Waals surface area contributed by atoms with E-state index in [0.717, 1.165) is 6.42 Å². The lowest BCUT2D eigenvalue weighted by molar-refractivity contribution is -0.165. The third-order valence-corrected chi connectivity index (χ3v) is 9.57. The summed E-state index contributed by atoms with van der Waals surface area (Å²) in [6, 6.07) is -1.56. The van der Waals surface area contributed by atoms with Crippen LogP contribution in [0.25, 0.3) is 0 Å². The van der Waals surface area contributed by atoms with Crippen LogP contribution in [0, 0.1) is 23.2 Å². The maximum Gasteiger partial charge on any atom is 0.313 e. The molecule has 2 bridgehead atoms. The van der Waals surface area contributed by atoms with Gasteiger partial charge in [-0.2, -0.15) is 0 Å². The first-order chi connectivity index (χ1) is 18.6. The number of rotatable bonds is 13. The second-order valence-corrected chi connectivity index (χ2v) is 13.9. The molecule has 8 nitrogen and oxygen atoms in total. The largest absolute Gasteiger partial charge is 0.461 e. The fraction of sp³-hybridized carbons (Fsp3) is 0.781. The van der Waals surface area contributed by atoms with Gasteiger partial charge in [0.25, 0.3) is 0 Å². The standard InChI is InChI=1S/C32H52N2O6/c1-11-17-33(30(9,10)20-29(6,7)8)27(37)25-32-16-15-31(14-4,40-32)24(28(38)39-18-12-2)23(32)26(36)34(25)22(19-35)21(5)13-3/h11-12,21-25,35H,1-2,13-20H2,3-10H3/t21-,22-,23-,24+,25?,31-,32?/m0/s1. The highest BCUT2D eigenvalue weighted by molar-refractivity contribution is 5.99. The van der Waals surface area contributed by atoms with Gasteiger partial charge < -0.3 is 24.4 Å². The van der Waals surface area contributed by atoms with Gasteiger partial charge in [-0.1, -0.05) is 66.7 Å². The summed E-state index contributed by atoms with van der Waals surface area (Å²) in [5.74, 6) is -2.78. The number of ether oxygens (including phenoxy) is 2. The van der Waals surface area contributed by atoms with Crippen molar-refractivity contribution in [1.29, 1.82) is 0 Å². The highest BCUT2D eigenvalue weighted by Gasteiger charge is 2.80. The smallest absolute Gasteiger partial charge is 0.313 e. The van der Waals surface area contributed by atoms with Crippen LogP contribution in [0.4, 0.5) is 0 Å². The lowest BCUT2D eigenvalue weighted by Crippen LogP contribution is -2.63. The number of aliphatic hydroxyl groups excluding tert-OH is 1. The van der Waals surface area contributed by atoms with Crippen LogP contribution in [0.15, 0.2) is 25.3 Å². The van der Waals surface area contributed by atoms with Crippen molar-refractivity contribution in [2.24, 2.45) is 23.2 Å². The number of aliphatic hydroxyl groups is 1. The Morgan fingerprint density at radius 1 is 1.20 bits per heavy atom. The summed E-state index contributed by atoms with van der Waals surface area (Å²) in [6.45, 7) is 24.1. The van der Waals surface area contributed by atoms with Gasteiger partial charge in [0.05, 0.1) is 24.2 Å². The minimum Gasteiger partial charge on any atom is -0.461 e. The summed E-state index contributed by atoms with van der Waals surface area (Å²) in [5, 5.41) is 10.6. The number of carbonyl (C=O) groups excluding carboxylic acids is 3. The van der Waals surface area contributed by atoms with E-state index in [1.54, 1.807) is 11.0 Å². The van der Waals surface area contributed by atoms with Crippen molar-refractivity contribution in [1.82, 2.24) is 9.80 Å². The fourth-order valence-electron chi connectivity index (χ4n) is 8.00. The topological polar surface area (TPSA) is 96.4 Å². The third kappa shape index (κ3) is 5.26. The molecule has 40 heavy (non-hydrogen) atoms. The van der Waals surface area contributed by atoms with Gasteiger partial charge in [-0.25, -0.2) is 0 Å². The number of hydrogen-bond acceptors (Lipinski definition) is 6. The van der Waals surface area contributed by atoms with Crippen LogP contribution < -0.4 is 0 Å². The fourth-order valence-corrected chi connectivity index (χ4v) is 8.00. The molecule has 0 aromatic carbocycles. The normalized spacial score (nSPS) is 31.1. The van der Waals surface area contributed by atoms with Gasteiger partial charge in [-0.05, 0) is 50.9 Å². The number of fused-ring (bicyclic) bond motifs is 1. The molecule has 226 valence electrons. The van der Waals surface area contributed by atoms with Gasteiger partial charge in [0.2, 0.25) is 11.8 Å². The summed E-state index contributed by atoms with van der Waals surface area (Å²) < 4.78 is 12.4. The van der Waals surface area contributed by atoms with E-state index in [9.17, 15) is 19.5 Å². The van der Waals surface area contributed by atoms with E-state index >= 15 is 0 Å². The maximum absolute atomic E-state index is 14.9. The highest BCUT2D eigenvalue weighted by Crippen LogP contribution is 2.65. The quantitative estimate of drug-likeness (QED) is 0.263. The van der Waals surface area contributed by atoms with Crippen LogP contribution in [-0.4, -0.2) is 81.3 Å². The number of carbonyl (C=O) groups is 3. The molecule has 8 heteroatoms. The maximum atomic E-state index is 14.9. The van der Waals surface area contributed by atoms with Crippen LogP contribution in [0.2, 0.25) is 0 Å². The first-order valence-corrected chi connectivity index (χ1v) is 14.9. The summed E-state index contributed by atoms with van der Waals surface area (Å²) >= 11 is 0. The van der Waals surface area contributed by atoms with Crippen molar-refractivity contribution in [2.45, 2.75) is 116 Å². The molecule has 2 unspecified atom stereocenters. The van der Waals surface area contributed by atoms with Crippen molar-refractivity contribution in [3.8, 4) is 0 Å². The van der Waals surface area contributed by atoms with Crippen molar-refractivity contribution in [2.75, 3.05) is 19.8 Å². The minimum atomic E-state index is -1.18. The molecule has 3 rings (SSSR count). The van der Waals surface area contributed by atoms with Crippen molar-refractivity contribution in [3.63, 3.8) is 0 Å². The zero-order valence-corrected chi connectivity index (χ0v) is 26.0. The summed E-state index contributed by atoms with van der Waals surface area (Å²) in [4.78, 5) is 46.4. The van der Waals surface area contributed by atoms with Crippen LogP contribution in [0.3, 0.4) is 0 Å². The van der Waals surface area contributed by atoms with E-state index in [2.05, 4.69) is 33.9 Å². The lowest BCUT2D eigenvalue weighted by Gasteiger charge is -2.47. The van der Waals surface area contributed by atoms with Gasteiger partial charge >= 0.3 is 5.97 Å². The van der Waals surface area contributed by atoms with E-state index in [0.29, 0.717) is 32.2 Å². The number of nitrogens with zero attached hydrogens (tertiary/aromatic N) is 2. The Morgan fingerprint density at radius 2 is 1.85 bits per heavy atom.